The lowest BCUT2D eigenvalue weighted by molar-refractivity contribution is -0.883. The molecule has 1 aliphatic heterocycles. The minimum atomic E-state index is -0.422. The van der Waals surface area contributed by atoms with E-state index in [9.17, 15) is 9.18 Å². The molecule has 1 aliphatic rings. The van der Waals surface area contributed by atoms with Gasteiger partial charge in [-0.2, -0.15) is 4.98 Å². The Morgan fingerprint density at radius 3 is 2.48 bits per heavy atom. The maximum absolute atomic E-state index is 14.0. The molecule has 27 heavy (non-hydrogen) atoms. The van der Waals surface area contributed by atoms with Crippen molar-refractivity contribution in [2.75, 3.05) is 33.2 Å². The quantitative estimate of drug-likeness (QED) is 0.762. The Morgan fingerprint density at radius 2 is 1.74 bits per heavy atom. The van der Waals surface area contributed by atoms with E-state index in [1.165, 1.54) is 11.0 Å². The van der Waals surface area contributed by atoms with Gasteiger partial charge in [-0.05, 0) is 24.3 Å². The Labute approximate surface area is 156 Å². The number of hydrogen-bond donors (Lipinski definition) is 1. The summed E-state index contributed by atoms with van der Waals surface area (Å²) in [5, 5.41) is 3.89. The lowest BCUT2D eigenvalue weighted by Gasteiger charge is -2.30. The van der Waals surface area contributed by atoms with Crippen molar-refractivity contribution in [3.8, 4) is 22.8 Å². The summed E-state index contributed by atoms with van der Waals surface area (Å²) >= 11 is 0. The van der Waals surface area contributed by atoms with Gasteiger partial charge in [0, 0.05) is 0 Å². The molecule has 7 heteroatoms. The van der Waals surface area contributed by atoms with Crippen molar-refractivity contribution in [3.63, 3.8) is 0 Å². The SMILES string of the molecule is C[NH+]1CCN(C(=O)c2ccccc2-c2nc(-c3ccccc3F)no2)CC1. The van der Waals surface area contributed by atoms with E-state index in [2.05, 4.69) is 17.2 Å². The molecule has 0 bridgehead atoms. The van der Waals surface area contributed by atoms with Crippen molar-refractivity contribution in [1.29, 1.82) is 0 Å². The van der Waals surface area contributed by atoms with Crippen LogP contribution in [0.1, 0.15) is 10.4 Å². The predicted octanol–water partition coefficient (Wildman–Crippen LogP) is 1.51. The van der Waals surface area contributed by atoms with Gasteiger partial charge in [0.1, 0.15) is 5.82 Å². The molecule has 1 N–H and O–H groups in total. The van der Waals surface area contributed by atoms with Crippen LogP contribution in [0.25, 0.3) is 22.8 Å². The number of rotatable bonds is 3. The third kappa shape index (κ3) is 3.46. The Kier molecular flexibility index (Phi) is 4.68. The first-order valence-electron chi connectivity index (χ1n) is 8.92. The van der Waals surface area contributed by atoms with E-state index in [1.807, 2.05) is 17.0 Å². The highest BCUT2D eigenvalue weighted by atomic mass is 19.1. The third-order valence-electron chi connectivity index (χ3n) is 4.83. The first-order chi connectivity index (χ1) is 13.1. The number of piperazine rings is 1. The Morgan fingerprint density at radius 1 is 1.07 bits per heavy atom. The van der Waals surface area contributed by atoms with Crippen molar-refractivity contribution in [1.82, 2.24) is 15.0 Å². The van der Waals surface area contributed by atoms with Gasteiger partial charge in [0.15, 0.2) is 0 Å². The van der Waals surface area contributed by atoms with E-state index in [1.54, 1.807) is 30.3 Å². The van der Waals surface area contributed by atoms with Crippen LogP contribution in [-0.2, 0) is 0 Å². The normalized spacial score (nSPS) is 15.1. The molecule has 1 amide bonds. The van der Waals surface area contributed by atoms with Crippen LogP contribution < -0.4 is 4.90 Å². The van der Waals surface area contributed by atoms with Crippen LogP contribution in [0.3, 0.4) is 0 Å². The number of quaternary nitrogens is 1. The molecule has 0 atom stereocenters. The van der Waals surface area contributed by atoms with E-state index >= 15 is 0 Å². The number of carbonyl (C=O) groups excluding carboxylic acids is 1. The van der Waals surface area contributed by atoms with Crippen LogP contribution in [0.5, 0.6) is 0 Å². The molecule has 1 fully saturated rings. The lowest BCUT2D eigenvalue weighted by atomic mass is 10.1. The molecule has 0 spiro atoms. The molecule has 6 nitrogen and oxygen atoms in total. The number of benzene rings is 2. The summed E-state index contributed by atoms with van der Waals surface area (Å²) in [6, 6.07) is 13.4. The zero-order valence-electron chi connectivity index (χ0n) is 15.0. The molecule has 2 aromatic carbocycles. The van der Waals surface area contributed by atoms with Crippen molar-refractivity contribution in [2.24, 2.45) is 0 Å². The van der Waals surface area contributed by atoms with Crippen LogP contribution in [0.15, 0.2) is 53.1 Å². The molecule has 0 aliphatic carbocycles. The second kappa shape index (κ2) is 7.28. The number of halogens is 1. The van der Waals surface area contributed by atoms with Crippen molar-refractivity contribution in [2.45, 2.75) is 0 Å². The van der Waals surface area contributed by atoms with Gasteiger partial charge >= 0.3 is 0 Å². The minimum absolute atomic E-state index is 0.0521. The van der Waals surface area contributed by atoms with E-state index in [0.717, 1.165) is 13.1 Å². The Balaban J connectivity index is 1.66. The molecule has 0 unspecified atom stereocenters. The molecule has 0 radical (unpaired) electrons. The number of amides is 1. The van der Waals surface area contributed by atoms with Gasteiger partial charge in [-0.3, -0.25) is 4.79 Å². The molecule has 3 aromatic rings. The van der Waals surface area contributed by atoms with Crippen molar-refractivity contribution >= 4 is 5.91 Å². The molecule has 1 aromatic heterocycles. The summed E-state index contributed by atoms with van der Waals surface area (Å²) in [4.78, 5) is 20.6. The van der Waals surface area contributed by atoms with Crippen LogP contribution in [0, 0.1) is 5.82 Å². The van der Waals surface area contributed by atoms with Crippen LogP contribution in [0.2, 0.25) is 0 Å². The van der Waals surface area contributed by atoms with Crippen molar-refractivity contribution in [3.05, 3.63) is 59.9 Å². The number of likely N-dealkylation sites (N-methyl/N-ethyl adjacent to an activating group) is 1. The fourth-order valence-corrected chi connectivity index (χ4v) is 3.20. The van der Waals surface area contributed by atoms with Gasteiger partial charge in [0.05, 0.1) is 49.9 Å². The average Bonchev–Trinajstić information content (AvgIpc) is 3.18. The van der Waals surface area contributed by atoms with E-state index < -0.39 is 5.82 Å². The van der Waals surface area contributed by atoms with Gasteiger partial charge in [-0.15, -0.1) is 0 Å². The fraction of sp³-hybridized carbons (Fsp3) is 0.250. The molecule has 0 saturated carbocycles. The summed E-state index contributed by atoms with van der Waals surface area (Å²) in [5.74, 6) is -0.108. The number of aromatic nitrogens is 2. The molecule has 2 heterocycles. The first-order valence-corrected chi connectivity index (χ1v) is 8.92. The summed E-state index contributed by atoms with van der Waals surface area (Å²) in [6.45, 7) is 3.27. The highest BCUT2D eigenvalue weighted by Crippen LogP contribution is 2.27. The topological polar surface area (TPSA) is 63.7 Å². The minimum Gasteiger partial charge on any atom is -0.334 e. The lowest BCUT2D eigenvalue weighted by Crippen LogP contribution is -3.12. The number of carbonyl (C=O) groups is 1. The Bertz CT molecular complexity index is 964. The highest BCUT2D eigenvalue weighted by Gasteiger charge is 2.26. The van der Waals surface area contributed by atoms with Gasteiger partial charge in [-0.25, -0.2) is 4.39 Å². The molecular formula is C20H20FN4O2+. The standard InChI is InChI=1S/C20H19FN4O2/c1-24-10-12-25(13-11-24)20(26)15-7-3-2-6-14(15)19-22-18(23-27-19)16-8-4-5-9-17(16)21/h2-9H,10-13H2,1H3/p+1. The van der Waals surface area contributed by atoms with E-state index in [0.29, 0.717) is 24.2 Å². The maximum Gasteiger partial charge on any atom is 0.259 e. The zero-order chi connectivity index (χ0) is 18.8. The number of hydrogen-bond acceptors (Lipinski definition) is 4. The first kappa shape index (κ1) is 17.4. The van der Waals surface area contributed by atoms with Gasteiger partial charge in [0.2, 0.25) is 5.82 Å². The number of nitrogens with zero attached hydrogens (tertiary/aromatic N) is 3. The largest absolute Gasteiger partial charge is 0.334 e. The smallest absolute Gasteiger partial charge is 0.259 e. The Hall–Kier alpha value is -3.06. The van der Waals surface area contributed by atoms with Crippen LogP contribution in [-0.4, -0.2) is 54.2 Å². The monoisotopic (exact) mass is 367 g/mol. The highest BCUT2D eigenvalue weighted by molar-refractivity contribution is 6.00. The second-order valence-corrected chi connectivity index (χ2v) is 6.70. The molecule has 138 valence electrons. The van der Waals surface area contributed by atoms with Gasteiger partial charge in [0.25, 0.3) is 11.8 Å². The van der Waals surface area contributed by atoms with Crippen LogP contribution in [0.4, 0.5) is 4.39 Å². The van der Waals surface area contributed by atoms with Crippen LogP contribution >= 0.6 is 0 Å². The number of nitrogens with one attached hydrogen (secondary N) is 1. The summed E-state index contributed by atoms with van der Waals surface area (Å²) in [5.41, 5.74) is 1.34. The third-order valence-corrected chi connectivity index (χ3v) is 4.83. The van der Waals surface area contributed by atoms with E-state index in [4.69, 9.17) is 4.52 Å². The predicted molar refractivity (Wildman–Crippen MR) is 97.7 cm³/mol. The molecule has 4 rings (SSSR count). The zero-order valence-corrected chi connectivity index (χ0v) is 15.0. The van der Waals surface area contributed by atoms with E-state index in [-0.39, 0.29) is 23.2 Å². The molecule has 1 saturated heterocycles. The van der Waals surface area contributed by atoms with Gasteiger partial charge in [-0.1, -0.05) is 29.4 Å². The van der Waals surface area contributed by atoms with Gasteiger partial charge < -0.3 is 14.3 Å². The summed E-state index contributed by atoms with van der Waals surface area (Å²) in [6.07, 6.45) is 0. The summed E-state index contributed by atoms with van der Waals surface area (Å²) in [7, 11) is 2.12. The second-order valence-electron chi connectivity index (χ2n) is 6.70. The average molecular weight is 367 g/mol. The molecular weight excluding hydrogens is 347 g/mol. The fourth-order valence-electron chi connectivity index (χ4n) is 3.20. The maximum atomic E-state index is 14.0. The van der Waals surface area contributed by atoms with Crippen molar-refractivity contribution < 1.29 is 18.6 Å². The summed E-state index contributed by atoms with van der Waals surface area (Å²) < 4.78 is 19.3.